The highest BCUT2D eigenvalue weighted by Gasteiger charge is 2.18. The van der Waals surface area contributed by atoms with Crippen LogP contribution in [0, 0.1) is 17.0 Å². The molecule has 0 bridgehead atoms. The average molecular weight is 399 g/mol. The number of esters is 1. The molecular weight excluding hydrogens is 378 g/mol. The van der Waals surface area contributed by atoms with Crippen LogP contribution in [0.25, 0.3) is 0 Å². The van der Waals surface area contributed by atoms with Crippen molar-refractivity contribution in [1.29, 1.82) is 0 Å². The Balaban J connectivity index is 1.52. The lowest BCUT2D eigenvalue weighted by atomic mass is 10.1. The maximum Gasteiger partial charge on any atom is 0.338 e. The first-order chi connectivity index (χ1) is 13.9. The van der Waals surface area contributed by atoms with Crippen molar-refractivity contribution in [3.63, 3.8) is 0 Å². The standard InChI is InChI=1S/C21H21NO7/c1-14-4-5-16(11-19(14)22(25)26)20(23)13-29-21(24)15-6-8-17(9-7-15)28-12-18-3-2-10-27-18/h4-9,11,18H,2-3,10,12-13H2,1H3/t18-/m0/s1. The second kappa shape index (κ2) is 9.29. The number of nitrogens with zero attached hydrogens (tertiary/aromatic N) is 1. The first-order valence-corrected chi connectivity index (χ1v) is 9.24. The molecule has 2 aromatic carbocycles. The molecule has 1 saturated heterocycles. The third-order valence-corrected chi connectivity index (χ3v) is 4.61. The zero-order chi connectivity index (χ0) is 20.8. The fraction of sp³-hybridized carbons (Fsp3) is 0.333. The minimum Gasteiger partial charge on any atom is -0.491 e. The van der Waals surface area contributed by atoms with E-state index in [1.807, 2.05) is 0 Å². The van der Waals surface area contributed by atoms with E-state index in [4.69, 9.17) is 14.2 Å². The van der Waals surface area contributed by atoms with Gasteiger partial charge in [0.2, 0.25) is 5.78 Å². The normalized spacial score (nSPS) is 15.7. The van der Waals surface area contributed by atoms with E-state index in [1.54, 1.807) is 31.2 Å². The van der Waals surface area contributed by atoms with Crippen LogP contribution in [0.3, 0.4) is 0 Å². The number of rotatable bonds is 8. The molecule has 0 radical (unpaired) electrons. The zero-order valence-corrected chi connectivity index (χ0v) is 16.0. The van der Waals surface area contributed by atoms with Crippen molar-refractivity contribution < 1.29 is 28.7 Å². The van der Waals surface area contributed by atoms with Crippen molar-refractivity contribution in [2.24, 2.45) is 0 Å². The van der Waals surface area contributed by atoms with Gasteiger partial charge in [0, 0.05) is 23.8 Å². The fourth-order valence-electron chi connectivity index (χ4n) is 2.93. The summed E-state index contributed by atoms with van der Waals surface area (Å²) in [7, 11) is 0. The third kappa shape index (κ3) is 5.39. The zero-order valence-electron chi connectivity index (χ0n) is 16.0. The number of aryl methyl sites for hydroxylation is 1. The second-order valence-electron chi connectivity index (χ2n) is 6.73. The van der Waals surface area contributed by atoms with E-state index in [1.165, 1.54) is 18.2 Å². The van der Waals surface area contributed by atoms with E-state index in [-0.39, 0.29) is 22.9 Å². The largest absolute Gasteiger partial charge is 0.491 e. The van der Waals surface area contributed by atoms with Crippen molar-refractivity contribution in [2.45, 2.75) is 25.9 Å². The molecule has 1 heterocycles. The van der Waals surface area contributed by atoms with Crippen molar-refractivity contribution >= 4 is 17.4 Å². The topological polar surface area (TPSA) is 105 Å². The second-order valence-corrected chi connectivity index (χ2v) is 6.73. The number of carbonyl (C=O) groups excluding carboxylic acids is 2. The number of benzene rings is 2. The number of carbonyl (C=O) groups is 2. The van der Waals surface area contributed by atoms with Crippen molar-refractivity contribution in [2.75, 3.05) is 19.8 Å². The van der Waals surface area contributed by atoms with Gasteiger partial charge in [0.25, 0.3) is 5.69 Å². The maximum atomic E-state index is 12.2. The van der Waals surface area contributed by atoms with Crippen LogP contribution in [0.4, 0.5) is 5.69 Å². The van der Waals surface area contributed by atoms with Gasteiger partial charge in [0.1, 0.15) is 12.4 Å². The Bertz CT molecular complexity index is 902. The first-order valence-electron chi connectivity index (χ1n) is 9.24. The number of nitro groups is 1. The van der Waals surface area contributed by atoms with E-state index in [9.17, 15) is 19.7 Å². The Morgan fingerprint density at radius 2 is 1.90 bits per heavy atom. The van der Waals surface area contributed by atoms with Crippen LogP contribution in [-0.2, 0) is 9.47 Å². The molecule has 1 atom stereocenters. The highest BCUT2D eigenvalue weighted by atomic mass is 16.6. The summed E-state index contributed by atoms with van der Waals surface area (Å²) < 4.78 is 16.2. The van der Waals surface area contributed by atoms with Gasteiger partial charge in [-0.05, 0) is 44.0 Å². The number of Topliss-reactive ketones (excluding diaryl/α,β-unsaturated/α-hetero) is 1. The van der Waals surface area contributed by atoms with E-state index in [0.717, 1.165) is 19.4 Å². The minimum atomic E-state index is -0.661. The third-order valence-electron chi connectivity index (χ3n) is 4.61. The molecule has 2 aromatic rings. The summed E-state index contributed by atoms with van der Waals surface area (Å²) >= 11 is 0. The lowest BCUT2D eigenvalue weighted by molar-refractivity contribution is -0.385. The monoisotopic (exact) mass is 399 g/mol. The summed E-state index contributed by atoms with van der Waals surface area (Å²) in [5.74, 6) is -0.566. The summed E-state index contributed by atoms with van der Waals surface area (Å²) in [6, 6.07) is 10.5. The highest BCUT2D eigenvalue weighted by molar-refractivity contribution is 5.99. The number of ketones is 1. The van der Waals surface area contributed by atoms with Crippen molar-refractivity contribution in [3.8, 4) is 5.75 Å². The summed E-state index contributed by atoms with van der Waals surface area (Å²) in [5, 5.41) is 11.0. The van der Waals surface area contributed by atoms with Crippen LogP contribution in [0.5, 0.6) is 5.75 Å². The van der Waals surface area contributed by atoms with Gasteiger partial charge in [-0.15, -0.1) is 0 Å². The van der Waals surface area contributed by atoms with E-state index < -0.39 is 23.3 Å². The van der Waals surface area contributed by atoms with Gasteiger partial charge >= 0.3 is 5.97 Å². The molecule has 8 nitrogen and oxygen atoms in total. The maximum absolute atomic E-state index is 12.2. The predicted molar refractivity (Wildman–Crippen MR) is 103 cm³/mol. The Labute approximate surface area is 167 Å². The number of ether oxygens (including phenoxy) is 3. The summed E-state index contributed by atoms with van der Waals surface area (Å²) in [6.45, 7) is 2.30. The van der Waals surface area contributed by atoms with E-state index in [0.29, 0.717) is 17.9 Å². The number of nitro benzene ring substituents is 1. The molecule has 0 aromatic heterocycles. The highest BCUT2D eigenvalue weighted by Crippen LogP contribution is 2.20. The fourth-order valence-corrected chi connectivity index (χ4v) is 2.93. The van der Waals surface area contributed by atoms with Gasteiger partial charge in [-0.2, -0.15) is 0 Å². The Hall–Kier alpha value is -3.26. The van der Waals surface area contributed by atoms with Gasteiger partial charge in [-0.25, -0.2) is 4.79 Å². The molecule has 3 rings (SSSR count). The Kier molecular flexibility index (Phi) is 6.56. The number of hydrogen-bond acceptors (Lipinski definition) is 7. The smallest absolute Gasteiger partial charge is 0.338 e. The first kappa shape index (κ1) is 20.5. The molecule has 1 aliphatic heterocycles. The van der Waals surface area contributed by atoms with Gasteiger partial charge in [0.15, 0.2) is 6.61 Å². The van der Waals surface area contributed by atoms with E-state index >= 15 is 0 Å². The molecule has 1 aliphatic rings. The molecule has 1 fully saturated rings. The van der Waals surface area contributed by atoms with Gasteiger partial charge in [0.05, 0.1) is 16.6 Å². The molecule has 0 saturated carbocycles. The predicted octanol–water partition coefficient (Wildman–Crippen LogP) is 3.50. The number of hydrogen-bond donors (Lipinski definition) is 0. The molecule has 29 heavy (non-hydrogen) atoms. The summed E-state index contributed by atoms with van der Waals surface area (Å²) in [5.41, 5.74) is 0.691. The molecule has 0 amide bonds. The SMILES string of the molecule is Cc1ccc(C(=O)COC(=O)c2ccc(OC[C@@H]3CCCO3)cc2)cc1[N+](=O)[O-]. The van der Waals surface area contributed by atoms with Crippen LogP contribution in [0.2, 0.25) is 0 Å². The van der Waals surface area contributed by atoms with Crippen LogP contribution in [0.15, 0.2) is 42.5 Å². The molecule has 0 aliphatic carbocycles. The van der Waals surface area contributed by atoms with Crippen molar-refractivity contribution in [1.82, 2.24) is 0 Å². The van der Waals surface area contributed by atoms with E-state index in [2.05, 4.69) is 0 Å². The molecule has 0 spiro atoms. The van der Waals surface area contributed by atoms with Gasteiger partial charge in [-0.3, -0.25) is 14.9 Å². The lowest BCUT2D eigenvalue weighted by Gasteiger charge is -2.11. The summed E-state index contributed by atoms with van der Waals surface area (Å²) in [4.78, 5) is 34.8. The Morgan fingerprint density at radius 3 is 2.55 bits per heavy atom. The molecular formula is C21H21NO7. The van der Waals surface area contributed by atoms with Crippen LogP contribution in [-0.4, -0.2) is 42.6 Å². The van der Waals surface area contributed by atoms with Crippen molar-refractivity contribution in [3.05, 3.63) is 69.3 Å². The lowest BCUT2D eigenvalue weighted by Crippen LogP contribution is -2.16. The van der Waals surface area contributed by atoms with Gasteiger partial charge in [-0.1, -0.05) is 12.1 Å². The summed E-state index contributed by atoms with van der Waals surface area (Å²) in [6.07, 6.45) is 2.11. The Morgan fingerprint density at radius 1 is 1.17 bits per heavy atom. The van der Waals surface area contributed by atoms with Gasteiger partial charge < -0.3 is 14.2 Å². The quantitative estimate of drug-likeness (QED) is 0.289. The molecule has 8 heteroatoms. The molecule has 152 valence electrons. The average Bonchev–Trinajstić information content (AvgIpc) is 3.24. The molecule has 0 N–H and O–H groups in total. The van der Waals surface area contributed by atoms with Crippen LogP contribution >= 0.6 is 0 Å². The minimum absolute atomic E-state index is 0.100. The van der Waals surface area contributed by atoms with Crippen LogP contribution in [0.1, 0.15) is 39.1 Å². The molecule has 0 unspecified atom stereocenters. The van der Waals surface area contributed by atoms with Crippen LogP contribution < -0.4 is 4.74 Å².